The van der Waals surface area contributed by atoms with Crippen LogP contribution in [-0.2, 0) is 20.3 Å². The van der Waals surface area contributed by atoms with Crippen LogP contribution in [0.5, 0.6) is 0 Å². The van der Waals surface area contributed by atoms with E-state index in [1.165, 1.54) is 43.2 Å². The number of allylic oxidation sites excluding steroid dienone is 4. The average molecular weight is 531 g/mol. The molecule has 1 saturated heterocycles. The Hall–Kier alpha value is -0.617. The molecule has 1 heterocycles. The molecule has 31 heavy (non-hydrogen) atoms. The smallest absolute Gasteiger partial charge is 1.00 e. The molecule has 0 spiro atoms. The summed E-state index contributed by atoms with van der Waals surface area (Å²) in [5.41, 5.74) is 8.45. The summed E-state index contributed by atoms with van der Waals surface area (Å²) in [6.07, 6.45) is 12.3. The standard InChI is InChI=1S/C13H9.C9H13.C6H10.2ClH.Zr/c1-3-7-12-10(5-1)9-11-6-2-4-8-13(11)12;1-9(2,3)8-6-4-5-7-8;1-2-4-6-5-3-1;;;/h1-9H;4,6H,5H2,1-3H3;1-2H,3-6H2;2*1H;/q;;;;;+2/p-2. The van der Waals surface area contributed by atoms with Crippen LogP contribution >= 0.6 is 0 Å². The second-order valence-electron chi connectivity index (χ2n) is 10.8. The largest absolute Gasteiger partial charge is 1.00 e. The first-order chi connectivity index (χ1) is 14.0. The molecule has 3 heteroatoms. The maximum absolute atomic E-state index is 2.66. The van der Waals surface area contributed by atoms with E-state index in [0.29, 0.717) is 0 Å². The normalized spacial score (nSPS) is 26.3. The Kier molecular flexibility index (Phi) is 6.31. The maximum atomic E-state index is 2.52. The van der Waals surface area contributed by atoms with Gasteiger partial charge in [-0.2, -0.15) is 0 Å². The molecule has 2 fully saturated rings. The van der Waals surface area contributed by atoms with Gasteiger partial charge in [-0.1, -0.05) is 0 Å². The maximum Gasteiger partial charge on any atom is -1.00 e. The van der Waals surface area contributed by atoms with Crippen molar-refractivity contribution >= 4 is 0 Å². The molecule has 2 atom stereocenters. The van der Waals surface area contributed by atoms with E-state index in [1.807, 2.05) is 3.28 Å². The first kappa shape index (κ1) is 23.5. The van der Waals surface area contributed by atoms with E-state index in [-0.39, 0.29) is 30.2 Å². The molecule has 2 aromatic rings. The Balaban J connectivity index is 0.00000116. The molecule has 2 aromatic carbocycles. The van der Waals surface area contributed by atoms with E-state index in [4.69, 9.17) is 0 Å². The second-order valence-corrected chi connectivity index (χ2v) is 21.9. The Morgan fingerprint density at radius 1 is 0.774 bits per heavy atom. The van der Waals surface area contributed by atoms with E-state index in [9.17, 15) is 0 Å². The predicted molar refractivity (Wildman–Crippen MR) is 120 cm³/mol. The predicted octanol–water partition coefficient (Wildman–Crippen LogP) is 2.34. The summed E-state index contributed by atoms with van der Waals surface area (Å²) < 4.78 is 4.90. The Bertz CT molecular complexity index is 1000. The molecule has 162 valence electrons. The molecule has 0 radical (unpaired) electrons. The van der Waals surface area contributed by atoms with Crippen LogP contribution in [0, 0.1) is 5.41 Å². The van der Waals surface area contributed by atoms with Gasteiger partial charge in [-0.3, -0.25) is 0 Å². The van der Waals surface area contributed by atoms with Gasteiger partial charge in [0, 0.05) is 0 Å². The van der Waals surface area contributed by atoms with Gasteiger partial charge in [-0.25, -0.2) is 0 Å². The Morgan fingerprint density at radius 2 is 1.29 bits per heavy atom. The third-order valence-electron chi connectivity index (χ3n) is 8.46. The number of halogens is 2. The Morgan fingerprint density at radius 3 is 1.81 bits per heavy atom. The molecule has 0 nitrogen and oxygen atoms in total. The van der Waals surface area contributed by atoms with Crippen LogP contribution in [0.2, 0.25) is 7.25 Å². The third kappa shape index (κ3) is 3.25. The summed E-state index contributed by atoms with van der Waals surface area (Å²) in [6.45, 7) is 7.33. The SMILES string of the molecule is CC(C)(C)C1=[C]([Zr+2]2([CH]3c4ccccc4-c4ccccc43)[CH]3CCCC[CH]32)CC=C1.[Cl-].[Cl-]. The summed E-state index contributed by atoms with van der Waals surface area (Å²) in [7, 11) is 0. The topological polar surface area (TPSA) is 0 Å². The van der Waals surface area contributed by atoms with Gasteiger partial charge in [0.15, 0.2) is 0 Å². The number of hydrogen-bond donors (Lipinski definition) is 0. The van der Waals surface area contributed by atoms with Crippen LogP contribution in [0.4, 0.5) is 0 Å². The molecule has 3 aliphatic carbocycles. The van der Waals surface area contributed by atoms with Crippen molar-refractivity contribution in [2.45, 2.75) is 63.8 Å². The van der Waals surface area contributed by atoms with Crippen LogP contribution in [0.25, 0.3) is 11.1 Å². The molecule has 4 aliphatic rings. The molecule has 0 amide bonds. The first-order valence-corrected chi connectivity index (χ1v) is 17.1. The van der Waals surface area contributed by atoms with E-state index in [2.05, 4.69) is 81.5 Å². The van der Waals surface area contributed by atoms with Gasteiger partial charge in [0.25, 0.3) is 0 Å². The van der Waals surface area contributed by atoms with E-state index in [1.54, 1.807) is 16.7 Å². The zero-order chi connectivity index (χ0) is 19.8. The summed E-state index contributed by atoms with van der Waals surface area (Å²) in [4.78, 5) is 0. The number of fused-ring (bicyclic) bond motifs is 4. The number of benzene rings is 2. The van der Waals surface area contributed by atoms with Crippen LogP contribution < -0.4 is 24.8 Å². The van der Waals surface area contributed by atoms with Crippen molar-refractivity contribution in [3.8, 4) is 11.1 Å². The number of hydrogen-bond acceptors (Lipinski definition) is 0. The molecule has 1 saturated carbocycles. The van der Waals surface area contributed by atoms with Crippen molar-refractivity contribution in [3.05, 3.63) is 80.7 Å². The van der Waals surface area contributed by atoms with Gasteiger partial charge in [0.05, 0.1) is 0 Å². The Labute approximate surface area is 204 Å². The van der Waals surface area contributed by atoms with Crippen LogP contribution in [0.3, 0.4) is 0 Å². The fraction of sp³-hybridized carbons (Fsp3) is 0.429. The van der Waals surface area contributed by atoms with Crippen molar-refractivity contribution < 1.29 is 45.1 Å². The van der Waals surface area contributed by atoms with Crippen LogP contribution in [0.1, 0.15) is 67.6 Å². The monoisotopic (exact) mass is 528 g/mol. The minimum absolute atomic E-state index is 0. The van der Waals surface area contributed by atoms with E-state index in [0.717, 1.165) is 10.9 Å². The molecule has 0 N–H and O–H groups in total. The second kappa shape index (κ2) is 8.31. The van der Waals surface area contributed by atoms with Gasteiger partial charge in [0.1, 0.15) is 0 Å². The summed E-state index contributed by atoms with van der Waals surface area (Å²) in [5, 5.41) is 0. The van der Waals surface area contributed by atoms with Crippen molar-refractivity contribution in [1.29, 1.82) is 0 Å². The van der Waals surface area contributed by atoms with Crippen molar-refractivity contribution in [3.63, 3.8) is 0 Å². The first-order valence-electron chi connectivity index (χ1n) is 11.6. The molecule has 2 unspecified atom stereocenters. The molecule has 1 aliphatic heterocycles. The fourth-order valence-electron chi connectivity index (χ4n) is 7.51. The molecular weight excluding hydrogens is 498 g/mol. The molecule has 0 aromatic heterocycles. The van der Waals surface area contributed by atoms with E-state index >= 15 is 0 Å². The minimum atomic E-state index is -2.66. The van der Waals surface area contributed by atoms with Crippen molar-refractivity contribution in [2.75, 3.05) is 0 Å². The number of rotatable bonds is 2. The van der Waals surface area contributed by atoms with Gasteiger partial charge in [0.2, 0.25) is 0 Å². The van der Waals surface area contributed by atoms with Gasteiger partial charge in [-0.15, -0.1) is 0 Å². The van der Waals surface area contributed by atoms with Gasteiger partial charge in [-0.05, 0) is 0 Å². The molecule has 0 bridgehead atoms. The van der Waals surface area contributed by atoms with Crippen molar-refractivity contribution in [2.24, 2.45) is 5.41 Å². The third-order valence-corrected chi connectivity index (χ3v) is 24.6. The average Bonchev–Trinajstić information content (AvgIpc) is 3.06. The molecule has 6 rings (SSSR count). The quantitative estimate of drug-likeness (QED) is 0.560. The van der Waals surface area contributed by atoms with Crippen molar-refractivity contribution in [1.82, 2.24) is 0 Å². The van der Waals surface area contributed by atoms with Crippen LogP contribution in [0.15, 0.2) is 69.5 Å². The molecular formula is C28H32Cl2Zr. The fourth-order valence-corrected chi connectivity index (χ4v) is 29.4. The zero-order valence-corrected chi connectivity index (χ0v) is 22.8. The zero-order valence-electron chi connectivity index (χ0n) is 18.8. The summed E-state index contributed by atoms with van der Waals surface area (Å²) >= 11 is -2.66. The van der Waals surface area contributed by atoms with Gasteiger partial charge >= 0.3 is 181 Å². The van der Waals surface area contributed by atoms with Crippen LogP contribution in [-0.4, -0.2) is 0 Å². The summed E-state index contributed by atoms with van der Waals surface area (Å²) in [5.74, 6) is 0. The van der Waals surface area contributed by atoms with Gasteiger partial charge < -0.3 is 24.8 Å². The van der Waals surface area contributed by atoms with E-state index < -0.39 is 20.3 Å². The minimum Gasteiger partial charge on any atom is -1.00 e. The summed E-state index contributed by atoms with van der Waals surface area (Å²) in [6, 6.07) is 18.9.